The molecule has 2 heterocycles. The number of hydrogen-bond acceptors (Lipinski definition) is 1. The minimum absolute atomic E-state index is 0.157. The van der Waals surface area contributed by atoms with Crippen LogP contribution < -0.4 is 5.32 Å². The van der Waals surface area contributed by atoms with Crippen molar-refractivity contribution < 1.29 is 8.78 Å². The molecular formula is C13H14F2N2. The first-order valence-electron chi connectivity index (χ1n) is 5.82. The van der Waals surface area contributed by atoms with Gasteiger partial charge in [0.05, 0.1) is 5.52 Å². The van der Waals surface area contributed by atoms with E-state index in [4.69, 9.17) is 0 Å². The minimum atomic E-state index is -0.590. The first-order valence-corrected chi connectivity index (χ1v) is 5.82. The Morgan fingerprint density at radius 3 is 2.88 bits per heavy atom. The molecule has 1 saturated heterocycles. The van der Waals surface area contributed by atoms with Crippen LogP contribution in [-0.4, -0.2) is 11.5 Å². The van der Waals surface area contributed by atoms with Crippen LogP contribution in [0.2, 0.25) is 0 Å². The van der Waals surface area contributed by atoms with Crippen molar-refractivity contribution in [3.05, 3.63) is 35.5 Å². The van der Waals surface area contributed by atoms with Crippen molar-refractivity contribution in [2.45, 2.75) is 25.3 Å². The summed E-state index contributed by atoms with van der Waals surface area (Å²) in [6.07, 6.45) is 3.33. The van der Waals surface area contributed by atoms with Crippen LogP contribution in [0.15, 0.2) is 18.3 Å². The molecule has 0 bridgehead atoms. The average molecular weight is 236 g/mol. The molecule has 1 aliphatic rings. The summed E-state index contributed by atoms with van der Waals surface area (Å²) in [5.41, 5.74) is -0.0470. The number of fused-ring (bicyclic) bond motifs is 1. The first kappa shape index (κ1) is 10.7. The third-order valence-electron chi connectivity index (χ3n) is 3.66. The van der Waals surface area contributed by atoms with E-state index in [1.807, 2.05) is 6.92 Å². The number of halogens is 2. The highest BCUT2D eigenvalue weighted by molar-refractivity contribution is 5.81. The van der Waals surface area contributed by atoms with E-state index in [2.05, 4.69) is 10.3 Å². The molecule has 0 aliphatic carbocycles. The molecule has 1 fully saturated rings. The Hall–Kier alpha value is -1.42. The van der Waals surface area contributed by atoms with Crippen LogP contribution in [0, 0.1) is 11.6 Å². The highest BCUT2D eigenvalue weighted by Crippen LogP contribution is 2.36. The molecule has 90 valence electrons. The third kappa shape index (κ3) is 1.47. The minimum Gasteiger partial charge on any atom is -0.359 e. The van der Waals surface area contributed by atoms with Gasteiger partial charge in [-0.1, -0.05) is 0 Å². The van der Waals surface area contributed by atoms with E-state index < -0.39 is 17.2 Å². The standard InChI is InChI=1S/C13H14F2N2/c1-13(4-2-5-17-13)10-9(14)7-8-3-6-16-12(8)11(10)15/h3,6-7,16-17H,2,4-5H2,1H3. The van der Waals surface area contributed by atoms with Gasteiger partial charge in [0.25, 0.3) is 0 Å². The number of hydrogen-bond donors (Lipinski definition) is 2. The molecule has 17 heavy (non-hydrogen) atoms. The number of aromatic nitrogens is 1. The Morgan fingerprint density at radius 1 is 1.35 bits per heavy atom. The van der Waals surface area contributed by atoms with E-state index in [1.54, 1.807) is 12.3 Å². The molecule has 0 spiro atoms. The van der Waals surface area contributed by atoms with E-state index in [9.17, 15) is 8.78 Å². The second-order valence-electron chi connectivity index (χ2n) is 4.85. The van der Waals surface area contributed by atoms with Crippen LogP contribution in [0.1, 0.15) is 25.3 Å². The lowest BCUT2D eigenvalue weighted by Gasteiger charge is -2.26. The van der Waals surface area contributed by atoms with Crippen molar-refractivity contribution in [3.63, 3.8) is 0 Å². The van der Waals surface area contributed by atoms with Gasteiger partial charge in [0, 0.05) is 22.7 Å². The zero-order chi connectivity index (χ0) is 12.0. The fourth-order valence-electron chi connectivity index (χ4n) is 2.74. The molecule has 1 atom stereocenters. The zero-order valence-corrected chi connectivity index (χ0v) is 9.61. The van der Waals surface area contributed by atoms with E-state index in [0.717, 1.165) is 19.4 Å². The number of nitrogens with one attached hydrogen (secondary N) is 2. The Bertz CT molecular complexity index is 568. The molecule has 2 aromatic rings. The summed E-state index contributed by atoms with van der Waals surface area (Å²) in [5, 5.41) is 3.77. The molecule has 0 amide bonds. The lowest BCUT2D eigenvalue weighted by atomic mass is 9.89. The topological polar surface area (TPSA) is 27.8 Å². The summed E-state index contributed by atoms with van der Waals surface area (Å²) < 4.78 is 28.4. The largest absolute Gasteiger partial charge is 0.359 e. The van der Waals surface area contributed by atoms with Crippen molar-refractivity contribution in [1.29, 1.82) is 0 Å². The fourth-order valence-corrected chi connectivity index (χ4v) is 2.74. The number of H-pyrrole nitrogens is 1. The SMILES string of the molecule is CC1(c2c(F)cc3cc[nH]c3c2F)CCCN1. The van der Waals surface area contributed by atoms with Gasteiger partial charge >= 0.3 is 0 Å². The van der Waals surface area contributed by atoms with Crippen molar-refractivity contribution in [1.82, 2.24) is 10.3 Å². The summed E-state index contributed by atoms with van der Waals surface area (Å²) in [6, 6.07) is 3.07. The average Bonchev–Trinajstić information content (AvgIpc) is 2.87. The summed E-state index contributed by atoms with van der Waals surface area (Å²) in [6.45, 7) is 2.66. The van der Waals surface area contributed by atoms with Gasteiger partial charge in [-0.2, -0.15) is 0 Å². The Morgan fingerprint density at radius 2 is 2.18 bits per heavy atom. The highest BCUT2D eigenvalue weighted by atomic mass is 19.1. The maximum absolute atomic E-state index is 14.3. The Kier molecular flexibility index (Phi) is 2.23. The summed E-state index contributed by atoms with van der Waals surface area (Å²) in [5.74, 6) is -0.937. The number of aromatic amines is 1. The third-order valence-corrected chi connectivity index (χ3v) is 3.66. The van der Waals surface area contributed by atoms with Crippen LogP contribution >= 0.6 is 0 Å². The van der Waals surface area contributed by atoms with Crippen LogP contribution in [-0.2, 0) is 5.54 Å². The molecule has 2 nitrogen and oxygen atoms in total. The smallest absolute Gasteiger partial charge is 0.155 e. The molecule has 1 aromatic heterocycles. The quantitative estimate of drug-likeness (QED) is 0.782. The number of benzene rings is 1. The lowest BCUT2D eigenvalue weighted by Crippen LogP contribution is -2.35. The molecule has 3 rings (SSSR count). The maximum Gasteiger partial charge on any atom is 0.155 e. The van der Waals surface area contributed by atoms with E-state index in [0.29, 0.717) is 10.9 Å². The van der Waals surface area contributed by atoms with Gasteiger partial charge in [-0.05, 0) is 38.4 Å². The molecule has 1 aliphatic heterocycles. The van der Waals surface area contributed by atoms with Crippen molar-refractivity contribution in [2.75, 3.05) is 6.54 Å². The van der Waals surface area contributed by atoms with Crippen molar-refractivity contribution in [3.8, 4) is 0 Å². The summed E-state index contributed by atoms with van der Waals surface area (Å²) >= 11 is 0. The Labute approximate surface area is 98.0 Å². The molecule has 1 unspecified atom stereocenters. The van der Waals surface area contributed by atoms with Gasteiger partial charge in [0.15, 0.2) is 5.82 Å². The Balaban J connectivity index is 2.27. The van der Waals surface area contributed by atoms with E-state index >= 15 is 0 Å². The van der Waals surface area contributed by atoms with Crippen LogP contribution in [0.25, 0.3) is 10.9 Å². The normalized spacial score (nSPS) is 24.6. The van der Waals surface area contributed by atoms with Gasteiger partial charge < -0.3 is 10.3 Å². The predicted octanol–water partition coefficient (Wildman–Crippen LogP) is 3.04. The van der Waals surface area contributed by atoms with Crippen LogP contribution in [0.3, 0.4) is 0 Å². The molecule has 1 aromatic carbocycles. The number of rotatable bonds is 1. The van der Waals surface area contributed by atoms with Crippen LogP contribution in [0.4, 0.5) is 8.78 Å². The van der Waals surface area contributed by atoms with Gasteiger partial charge in [-0.25, -0.2) is 8.78 Å². The molecule has 4 heteroatoms. The molecular weight excluding hydrogens is 222 g/mol. The van der Waals surface area contributed by atoms with E-state index in [1.165, 1.54) is 6.07 Å². The van der Waals surface area contributed by atoms with Crippen LogP contribution in [0.5, 0.6) is 0 Å². The highest BCUT2D eigenvalue weighted by Gasteiger charge is 2.36. The summed E-state index contributed by atoms with van der Waals surface area (Å²) in [4.78, 5) is 2.83. The van der Waals surface area contributed by atoms with E-state index in [-0.39, 0.29) is 5.56 Å². The monoisotopic (exact) mass is 236 g/mol. The lowest BCUT2D eigenvalue weighted by molar-refractivity contribution is 0.388. The molecule has 0 radical (unpaired) electrons. The second kappa shape index (κ2) is 3.53. The summed E-state index contributed by atoms with van der Waals surface area (Å²) in [7, 11) is 0. The maximum atomic E-state index is 14.3. The van der Waals surface area contributed by atoms with Crippen molar-refractivity contribution >= 4 is 10.9 Å². The predicted molar refractivity (Wildman–Crippen MR) is 62.8 cm³/mol. The van der Waals surface area contributed by atoms with Gasteiger partial charge in [-0.3, -0.25) is 0 Å². The second-order valence-corrected chi connectivity index (χ2v) is 4.85. The van der Waals surface area contributed by atoms with Gasteiger partial charge in [0.1, 0.15) is 5.82 Å². The zero-order valence-electron chi connectivity index (χ0n) is 9.61. The van der Waals surface area contributed by atoms with Gasteiger partial charge in [-0.15, -0.1) is 0 Å². The van der Waals surface area contributed by atoms with Gasteiger partial charge in [0.2, 0.25) is 0 Å². The molecule has 2 N–H and O–H groups in total. The fraction of sp³-hybridized carbons (Fsp3) is 0.385. The first-order chi connectivity index (χ1) is 8.12. The molecule has 0 saturated carbocycles. The van der Waals surface area contributed by atoms with Crippen molar-refractivity contribution in [2.24, 2.45) is 0 Å².